The average Bonchev–Trinajstić information content (AvgIpc) is 3.11. The summed E-state index contributed by atoms with van der Waals surface area (Å²) in [5, 5.41) is 6.43. The van der Waals surface area contributed by atoms with E-state index < -0.39 is 0 Å². The van der Waals surface area contributed by atoms with E-state index in [4.69, 9.17) is 4.74 Å². The van der Waals surface area contributed by atoms with Crippen LogP contribution in [0.15, 0.2) is 4.99 Å². The summed E-state index contributed by atoms with van der Waals surface area (Å²) in [5.74, 6) is 1.14. The Morgan fingerprint density at radius 2 is 2.41 bits per heavy atom. The van der Waals surface area contributed by atoms with Gasteiger partial charge in [0.05, 0.1) is 6.10 Å². The molecular weight excluding hydrogens is 395 g/mol. The van der Waals surface area contributed by atoms with Crippen LogP contribution in [0.1, 0.15) is 32.1 Å². The number of carbonyl (C=O) groups is 1. The first kappa shape index (κ1) is 17.8. The molecule has 0 aromatic heterocycles. The Hall–Kier alpha value is -0.570. The van der Waals surface area contributed by atoms with Crippen molar-refractivity contribution in [3.05, 3.63) is 0 Å². The van der Waals surface area contributed by atoms with Crippen LogP contribution in [0.4, 0.5) is 0 Å². The lowest BCUT2D eigenvalue weighted by Gasteiger charge is -2.41. The van der Waals surface area contributed by atoms with E-state index in [1.54, 1.807) is 0 Å². The average molecular weight is 422 g/mol. The maximum atomic E-state index is 11.6. The van der Waals surface area contributed by atoms with Crippen molar-refractivity contribution in [1.82, 2.24) is 15.5 Å². The second-order valence-corrected chi connectivity index (χ2v) is 6.54. The minimum Gasteiger partial charge on any atom is -0.376 e. The zero-order chi connectivity index (χ0) is 14.7. The molecule has 0 radical (unpaired) electrons. The maximum Gasteiger partial charge on any atom is 0.220 e. The van der Waals surface area contributed by atoms with E-state index in [1.165, 1.54) is 0 Å². The Kier molecular flexibility index (Phi) is 6.31. The molecule has 2 atom stereocenters. The highest BCUT2D eigenvalue weighted by molar-refractivity contribution is 14.0. The van der Waals surface area contributed by atoms with Gasteiger partial charge in [-0.05, 0) is 25.7 Å². The molecule has 2 N–H and O–H groups in total. The van der Waals surface area contributed by atoms with Gasteiger partial charge in [-0.2, -0.15) is 0 Å². The quantitative estimate of drug-likeness (QED) is 0.396. The molecule has 0 aromatic rings. The van der Waals surface area contributed by atoms with Gasteiger partial charge in [0.2, 0.25) is 5.91 Å². The fourth-order valence-electron chi connectivity index (χ4n) is 3.77. The van der Waals surface area contributed by atoms with Crippen molar-refractivity contribution in [2.75, 3.05) is 39.8 Å². The van der Waals surface area contributed by atoms with Crippen molar-refractivity contribution in [3.63, 3.8) is 0 Å². The number of amides is 1. The number of nitrogens with zero attached hydrogens (tertiary/aromatic N) is 2. The zero-order valence-corrected chi connectivity index (χ0v) is 15.6. The van der Waals surface area contributed by atoms with Crippen LogP contribution in [-0.4, -0.2) is 62.7 Å². The van der Waals surface area contributed by atoms with E-state index in [2.05, 4.69) is 20.5 Å². The second kappa shape index (κ2) is 7.81. The van der Waals surface area contributed by atoms with E-state index in [0.29, 0.717) is 12.5 Å². The number of carbonyl (C=O) groups excluding carboxylic acids is 1. The Morgan fingerprint density at radius 3 is 3.05 bits per heavy atom. The lowest BCUT2D eigenvalue weighted by molar-refractivity contribution is -0.119. The molecule has 3 heterocycles. The highest BCUT2D eigenvalue weighted by Gasteiger charge is 2.42. The van der Waals surface area contributed by atoms with E-state index in [-0.39, 0.29) is 35.3 Å². The van der Waals surface area contributed by atoms with E-state index in [1.807, 2.05) is 7.05 Å². The number of rotatable bonds is 2. The highest BCUT2D eigenvalue weighted by Crippen LogP contribution is 2.35. The molecule has 2 unspecified atom stereocenters. The molecular formula is C15H27IN4O2. The molecule has 0 aliphatic carbocycles. The molecule has 3 saturated heterocycles. The predicted molar refractivity (Wildman–Crippen MR) is 96.6 cm³/mol. The molecule has 3 rings (SSSR count). The number of guanidine groups is 1. The minimum atomic E-state index is 0. The third-order valence-corrected chi connectivity index (χ3v) is 4.88. The maximum absolute atomic E-state index is 11.6. The molecule has 3 fully saturated rings. The van der Waals surface area contributed by atoms with Gasteiger partial charge in [0, 0.05) is 51.7 Å². The minimum absolute atomic E-state index is 0. The van der Waals surface area contributed by atoms with E-state index >= 15 is 0 Å². The molecule has 3 aliphatic rings. The van der Waals surface area contributed by atoms with E-state index in [9.17, 15) is 4.79 Å². The largest absolute Gasteiger partial charge is 0.376 e. The summed E-state index contributed by atoms with van der Waals surface area (Å²) in [6.45, 7) is 4.45. The Balaban J connectivity index is 0.00000176. The lowest BCUT2D eigenvalue weighted by atomic mass is 9.79. The van der Waals surface area contributed by atoms with Gasteiger partial charge in [-0.25, -0.2) is 0 Å². The van der Waals surface area contributed by atoms with Gasteiger partial charge in [0.15, 0.2) is 5.96 Å². The lowest BCUT2D eigenvalue weighted by Crippen LogP contribution is -2.52. The normalized spacial score (nSPS) is 32.0. The van der Waals surface area contributed by atoms with Crippen LogP contribution < -0.4 is 10.6 Å². The zero-order valence-electron chi connectivity index (χ0n) is 13.3. The molecule has 0 aromatic carbocycles. The third-order valence-electron chi connectivity index (χ3n) is 4.88. The van der Waals surface area contributed by atoms with Gasteiger partial charge in [-0.15, -0.1) is 24.0 Å². The van der Waals surface area contributed by atoms with Crippen LogP contribution in [0.5, 0.6) is 0 Å². The summed E-state index contributed by atoms with van der Waals surface area (Å²) in [6, 6.07) is 0. The van der Waals surface area contributed by atoms with Crippen LogP contribution in [-0.2, 0) is 9.53 Å². The van der Waals surface area contributed by atoms with E-state index in [0.717, 1.165) is 64.4 Å². The third kappa shape index (κ3) is 4.04. The predicted octanol–water partition coefficient (Wildman–Crippen LogP) is 0.961. The number of likely N-dealkylation sites (tertiary alicyclic amines) is 1. The topological polar surface area (TPSA) is 66.0 Å². The summed E-state index contributed by atoms with van der Waals surface area (Å²) in [4.78, 5) is 18.3. The van der Waals surface area contributed by atoms with Gasteiger partial charge >= 0.3 is 0 Å². The first-order valence-corrected chi connectivity index (χ1v) is 8.05. The molecule has 6 nitrogen and oxygen atoms in total. The smallest absolute Gasteiger partial charge is 0.220 e. The SMILES string of the molecule is CN=C(NCC1CCCO1)N1CCCC2(CNC(=O)C2)C1.I. The van der Waals surface area contributed by atoms with Crippen molar-refractivity contribution in [2.45, 2.75) is 38.2 Å². The molecule has 7 heteroatoms. The highest BCUT2D eigenvalue weighted by atomic mass is 127. The van der Waals surface area contributed by atoms with Gasteiger partial charge in [-0.1, -0.05) is 0 Å². The number of hydrogen-bond acceptors (Lipinski definition) is 3. The van der Waals surface area contributed by atoms with Crippen LogP contribution >= 0.6 is 24.0 Å². The summed E-state index contributed by atoms with van der Waals surface area (Å²) in [5.41, 5.74) is 0.108. The first-order chi connectivity index (χ1) is 10.2. The van der Waals surface area contributed by atoms with Crippen molar-refractivity contribution in [3.8, 4) is 0 Å². The summed E-state index contributed by atoms with van der Waals surface area (Å²) >= 11 is 0. The van der Waals surface area contributed by atoms with Crippen molar-refractivity contribution < 1.29 is 9.53 Å². The van der Waals surface area contributed by atoms with Crippen molar-refractivity contribution >= 4 is 35.8 Å². The number of nitrogens with one attached hydrogen (secondary N) is 2. The van der Waals surface area contributed by atoms with Gasteiger partial charge in [-0.3, -0.25) is 9.79 Å². The number of hydrogen-bond donors (Lipinski definition) is 2. The fourth-order valence-corrected chi connectivity index (χ4v) is 3.77. The standard InChI is InChI=1S/C15H26N4O2.HI/c1-16-14(17-9-12-4-2-7-21-12)19-6-3-5-15(11-19)8-13(20)18-10-15;/h12H,2-11H2,1H3,(H,16,17)(H,18,20);1H. The molecule has 0 saturated carbocycles. The van der Waals surface area contributed by atoms with Gasteiger partial charge in [0.1, 0.15) is 0 Å². The number of halogens is 1. The Morgan fingerprint density at radius 1 is 1.55 bits per heavy atom. The molecule has 0 bridgehead atoms. The van der Waals surface area contributed by atoms with Crippen LogP contribution in [0.2, 0.25) is 0 Å². The Labute approximate surface area is 149 Å². The molecule has 3 aliphatic heterocycles. The summed E-state index contributed by atoms with van der Waals surface area (Å²) in [7, 11) is 1.83. The van der Waals surface area contributed by atoms with Crippen LogP contribution in [0.25, 0.3) is 0 Å². The van der Waals surface area contributed by atoms with Crippen molar-refractivity contribution in [1.29, 1.82) is 0 Å². The van der Waals surface area contributed by atoms with Crippen molar-refractivity contribution in [2.24, 2.45) is 10.4 Å². The monoisotopic (exact) mass is 422 g/mol. The molecule has 126 valence electrons. The first-order valence-electron chi connectivity index (χ1n) is 8.05. The van der Waals surface area contributed by atoms with Crippen LogP contribution in [0.3, 0.4) is 0 Å². The fraction of sp³-hybridized carbons (Fsp3) is 0.867. The van der Waals surface area contributed by atoms with Gasteiger partial charge < -0.3 is 20.3 Å². The molecule has 1 amide bonds. The Bertz CT molecular complexity index is 426. The number of ether oxygens (including phenoxy) is 1. The number of aliphatic imine (C=N–C) groups is 1. The molecule has 1 spiro atoms. The number of piperidine rings is 1. The summed E-state index contributed by atoms with van der Waals surface area (Å²) in [6.07, 6.45) is 5.51. The second-order valence-electron chi connectivity index (χ2n) is 6.54. The van der Waals surface area contributed by atoms with Gasteiger partial charge in [0.25, 0.3) is 0 Å². The van der Waals surface area contributed by atoms with Crippen LogP contribution in [0, 0.1) is 5.41 Å². The molecule has 22 heavy (non-hydrogen) atoms. The summed E-state index contributed by atoms with van der Waals surface area (Å²) < 4.78 is 5.65.